The Hall–Kier alpha value is -1.11. The second kappa shape index (κ2) is 6.56. The van der Waals surface area contributed by atoms with Crippen molar-refractivity contribution in [1.82, 2.24) is 9.62 Å². The van der Waals surface area contributed by atoms with E-state index >= 15 is 0 Å². The zero-order valence-corrected chi connectivity index (χ0v) is 13.5. The van der Waals surface area contributed by atoms with E-state index in [4.69, 9.17) is 5.73 Å². The van der Waals surface area contributed by atoms with Gasteiger partial charge in [0.15, 0.2) is 0 Å². The number of hydrogen-bond donors (Lipinski definition) is 2. The molecule has 0 saturated carbocycles. The van der Waals surface area contributed by atoms with Gasteiger partial charge in [-0.2, -0.15) is 0 Å². The normalized spacial score (nSPS) is 12.8. The molecule has 0 unspecified atom stereocenters. The zero-order chi connectivity index (χ0) is 15.4. The van der Waals surface area contributed by atoms with Gasteiger partial charge in [0.05, 0.1) is 5.75 Å². The van der Waals surface area contributed by atoms with Crippen LogP contribution >= 0.6 is 0 Å². The van der Waals surface area contributed by atoms with Crippen LogP contribution in [0.5, 0.6) is 0 Å². The van der Waals surface area contributed by atoms with Crippen LogP contribution < -0.4 is 10.5 Å². The molecule has 0 atom stereocenters. The summed E-state index contributed by atoms with van der Waals surface area (Å²) < 4.78 is 26.8. The summed E-state index contributed by atoms with van der Waals surface area (Å²) in [6, 6.07) is 6.89. The molecular weight excluding hydrogens is 274 g/mol. The van der Waals surface area contributed by atoms with Crippen LogP contribution in [0.15, 0.2) is 24.3 Å². The standard InChI is InChI=1S/C14H25N3O2S/c1-14(2,11-17(3)4)10-16-20(18,19)9-12-5-7-13(15)8-6-12/h5-8,16H,9-11,15H2,1-4H3. The zero-order valence-electron chi connectivity index (χ0n) is 12.7. The molecule has 0 aliphatic rings. The third-order valence-corrected chi connectivity index (χ3v) is 4.15. The minimum Gasteiger partial charge on any atom is -0.399 e. The smallest absolute Gasteiger partial charge is 0.215 e. The highest BCUT2D eigenvalue weighted by atomic mass is 32.2. The van der Waals surface area contributed by atoms with Gasteiger partial charge in [-0.1, -0.05) is 26.0 Å². The minimum atomic E-state index is -3.33. The maximum Gasteiger partial charge on any atom is 0.215 e. The highest BCUT2D eigenvalue weighted by molar-refractivity contribution is 7.88. The van der Waals surface area contributed by atoms with Crippen LogP contribution in [0.3, 0.4) is 0 Å². The second-order valence-corrected chi connectivity index (χ2v) is 8.03. The molecule has 0 aliphatic carbocycles. The summed E-state index contributed by atoms with van der Waals surface area (Å²) in [7, 11) is 0.628. The van der Waals surface area contributed by atoms with E-state index in [9.17, 15) is 8.42 Å². The Morgan fingerprint density at radius 2 is 1.75 bits per heavy atom. The van der Waals surface area contributed by atoms with Crippen LogP contribution in [0.4, 0.5) is 5.69 Å². The summed E-state index contributed by atoms with van der Waals surface area (Å²) in [5.74, 6) is -0.0225. The van der Waals surface area contributed by atoms with E-state index < -0.39 is 10.0 Å². The molecule has 114 valence electrons. The van der Waals surface area contributed by atoms with Crippen molar-refractivity contribution in [1.29, 1.82) is 0 Å². The summed E-state index contributed by atoms with van der Waals surface area (Å²) in [5, 5.41) is 0. The molecular formula is C14H25N3O2S. The molecule has 0 radical (unpaired) electrons. The molecule has 1 rings (SSSR count). The number of nitrogen functional groups attached to an aromatic ring is 1. The topological polar surface area (TPSA) is 75.4 Å². The van der Waals surface area contributed by atoms with Crippen LogP contribution in [0.2, 0.25) is 0 Å². The molecule has 3 N–H and O–H groups in total. The fraction of sp³-hybridized carbons (Fsp3) is 0.571. The average Bonchev–Trinajstić information content (AvgIpc) is 2.28. The number of anilines is 1. The van der Waals surface area contributed by atoms with Crippen LogP contribution in [-0.2, 0) is 15.8 Å². The summed E-state index contributed by atoms with van der Waals surface area (Å²) in [6.07, 6.45) is 0. The molecule has 0 spiro atoms. The van der Waals surface area contributed by atoms with Gasteiger partial charge in [0.1, 0.15) is 0 Å². The second-order valence-electron chi connectivity index (χ2n) is 6.22. The quantitative estimate of drug-likeness (QED) is 0.744. The Morgan fingerprint density at radius 3 is 2.25 bits per heavy atom. The molecule has 20 heavy (non-hydrogen) atoms. The number of rotatable bonds is 7. The SMILES string of the molecule is CN(C)CC(C)(C)CNS(=O)(=O)Cc1ccc(N)cc1. The maximum absolute atomic E-state index is 12.1. The van der Waals surface area contributed by atoms with Gasteiger partial charge >= 0.3 is 0 Å². The third-order valence-electron chi connectivity index (χ3n) is 2.85. The third kappa shape index (κ3) is 6.36. The van der Waals surface area contributed by atoms with E-state index in [0.717, 1.165) is 12.1 Å². The Balaban J connectivity index is 2.60. The lowest BCUT2D eigenvalue weighted by atomic mass is 9.93. The highest BCUT2D eigenvalue weighted by Crippen LogP contribution is 2.15. The molecule has 6 heteroatoms. The molecule has 0 heterocycles. The average molecular weight is 299 g/mol. The first kappa shape index (κ1) is 16.9. The molecule has 0 bridgehead atoms. The predicted octanol–water partition coefficient (Wildman–Crippen LogP) is 1.28. The molecule has 1 aromatic carbocycles. The van der Waals surface area contributed by atoms with Crippen LogP contribution in [0.1, 0.15) is 19.4 Å². The molecule has 5 nitrogen and oxygen atoms in total. The van der Waals surface area contributed by atoms with Crippen molar-refractivity contribution in [3.8, 4) is 0 Å². The Labute approximate surface area is 122 Å². The first-order valence-corrected chi connectivity index (χ1v) is 8.21. The molecule has 0 saturated heterocycles. The number of nitrogens with zero attached hydrogens (tertiary/aromatic N) is 1. The van der Waals surface area contributed by atoms with Crippen LogP contribution in [0.25, 0.3) is 0 Å². The van der Waals surface area contributed by atoms with Crippen LogP contribution in [0, 0.1) is 5.41 Å². The van der Waals surface area contributed by atoms with Gasteiger partial charge in [0.25, 0.3) is 0 Å². The lowest BCUT2D eigenvalue weighted by Crippen LogP contribution is -2.40. The first-order valence-electron chi connectivity index (χ1n) is 6.56. The van der Waals surface area contributed by atoms with Gasteiger partial charge in [0, 0.05) is 18.8 Å². The van der Waals surface area contributed by atoms with Gasteiger partial charge in [-0.25, -0.2) is 13.1 Å². The maximum atomic E-state index is 12.1. The van der Waals surface area contributed by atoms with E-state index in [-0.39, 0.29) is 11.2 Å². The van der Waals surface area contributed by atoms with Crippen molar-refractivity contribution >= 4 is 15.7 Å². The number of nitrogens with one attached hydrogen (secondary N) is 1. The molecule has 0 fully saturated rings. The summed E-state index contributed by atoms with van der Waals surface area (Å²) in [4.78, 5) is 2.05. The summed E-state index contributed by atoms with van der Waals surface area (Å²) >= 11 is 0. The largest absolute Gasteiger partial charge is 0.399 e. The van der Waals surface area contributed by atoms with Crippen molar-refractivity contribution in [2.75, 3.05) is 32.9 Å². The van der Waals surface area contributed by atoms with Crippen molar-refractivity contribution in [2.45, 2.75) is 19.6 Å². The lowest BCUT2D eigenvalue weighted by molar-refractivity contribution is 0.242. The Morgan fingerprint density at radius 1 is 1.20 bits per heavy atom. The van der Waals surface area contributed by atoms with Gasteiger partial charge < -0.3 is 10.6 Å². The summed E-state index contributed by atoms with van der Waals surface area (Å²) in [5.41, 5.74) is 6.83. The summed E-state index contributed by atoms with van der Waals surface area (Å²) in [6.45, 7) is 5.32. The van der Waals surface area contributed by atoms with Gasteiger partial charge in [-0.3, -0.25) is 0 Å². The van der Waals surface area contributed by atoms with Crippen molar-refractivity contribution in [3.05, 3.63) is 29.8 Å². The molecule has 0 aromatic heterocycles. The van der Waals surface area contributed by atoms with Gasteiger partial charge in [-0.05, 0) is 37.2 Å². The van der Waals surface area contributed by atoms with E-state index in [0.29, 0.717) is 12.2 Å². The Bertz CT molecular complexity index is 522. The van der Waals surface area contributed by atoms with Crippen LogP contribution in [-0.4, -0.2) is 40.5 Å². The highest BCUT2D eigenvalue weighted by Gasteiger charge is 2.22. The van der Waals surface area contributed by atoms with Crippen molar-refractivity contribution in [2.24, 2.45) is 5.41 Å². The van der Waals surface area contributed by atoms with E-state index in [1.54, 1.807) is 24.3 Å². The number of hydrogen-bond acceptors (Lipinski definition) is 4. The van der Waals surface area contributed by atoms with E-state index in [2.05, 4.69) is 4.72 Å². The molecule has 0 aliphatic heterocycles. The van der Waals surface area contributed by atoms with E-state index in [1.807, 2.05) is 32.8 Å². The fourth-order valence-electron chi connectivity index (χ4n) is 2.10. The number of nitrogens with two attached hydrogens (primary N) is 1. The monoisotopic (exact) mass is 299 g/mol. The van der Waals surface area contributed by atoms with E-state index in [1.165, 1.54) is 0 Å². The van der Waals surface area contributed by atoms with Crippen molar-refractivity contribution in [3.63, 3.8) is 0 Å². The number of benzene rings is 1. The first-order chi connectivity index (χ1) is 9.10. The predicted molar refractivity (Wildman–Crippen MR) is 83.8 cm³/mol. The molecule has 0 amide bonds. The van der Waals surface area contributed by atoms with Gasteiger partial charge in [-0.15, -0.1) is 0 Å². The Kier molecular flexibility index (Phi) is 5.56. The molecule has 1 aromatic rings. The van der Waals surface area contributed by atoms with Crippen molar-refractivity contribution < 1.29 is 8.42 Å². The minimum absolute atomic E-state index is 0.0225. The van der Waals surface area contributed by atoms with Gasteiger partial charge in [0.2, 0.25) is 10.0 Å². The number of sulfonamides is 1. The fourth-order valence-corrected chi connectivity index (χ4v) is 3.45. The lowest BCUT2D eigenvalue weighted by Gasteiger charge is -2.28.